The summed E-state index contributed by atoms with van der Waals surface area (Å²) in [5, 5.41) is 17.2. The molecule has 6 heteroatoms. The largest absolute Gasteiger partial charge is 0.409 e. The second-order valence-electron chi connectivity index (χ2n) is 5.22. The third-order valence-electron chi connectivity index (χ3n) is 2.31. The number of urea groups is 1. The lowest BCUT2D eigenvalue weighted by Crippen LogP contribution is -2.49. The molecule has 2 amide bonds. The molecule has 104 valence electrons. The Kier molecular flexibility index (Phi) is 4.74. The van der Waals surface area contributed by atoms with Gasteiger partial charge in [-0.15, -0.1) is 0 Å². The Labute approximate surface area is 112 Å². The van der Waals surface area contributed by atoms with Gasteiger partial charge in [-0.05, 0) is 26.3 Å². The molecule has 0 aliphatic rings. The van der Waals surface area contributed by atoms with Crippen LogP contribution in [-0.2, 0) is 0 Å². The summed E-state index contributed by atoms with van der Waals surface area (Å²) in [6.07, 6.45) is 0. The molecule has 0 heterocycles. The molecule has 0 saturated heterocycles. The van der Waals surface area contributed by atoms with Crippen LogP contribution in [0.5, 0.6) is 0 Å². The molecule has 0 saturated carbocycles. The summed E-state index contributed by atoms with van der Waals surface area (Å²) in [6.45, 7) is 5.61. The number of carbonyl (C=O) groups is 1. The van der Waals surface area contributed by atoms with Crippen LogP contribution in [0.2, 0.25) is 0 Å². The Balaban J connectivity index is 2.86. The summed E-state index contributed by atoms with van der Waals surface area (Å²) in [7, 11) is 0. The highest BCUT2D eigenvalue weighted by molar-refractivity contribution is 5.90. The van der Waals surface area contributed by atoms with E-state index in [1.807, 2.05) is 39.0 Å². The number of amides is 2. The lowest BCUT2D eigenvalue weighted by Gasteiger charge is -2.24. The first-order valence-electron chi connectivity index (χ1n) is 5.94. The van der Waals surface area contributed by atoms with Crippen LogP contribution in [0.15, 0.2) is 35.5 Å². The number of carbonyl (C=O) groups excluding carboxylic acids is 1. The van der Waals surface area contributed by atoms with Crippen LogP contribution < -0.4 is 16.4 Å². The Morgan fingerprint density at radius 1 is 1.32 bits per heavy atom. The molecule has 0 aliphatic carbocycles. The molecule has 19 heavy (non-hydrogen) atoms. The van der Waals surface area contributed by atoms with Gasteiger partial charge in [0.05, 0.1) is 0 Å². The summed E-state index contributed by atoms with van der Waals surface area (Å²) >= 11 is 0. The number of hydrogen-bond acceptors (Lipinski definition) is 3. The molecule has 1 aromatic carbocycles. The molecule has 0 aromatic heterocycles. The van der Waals surface area contributed by atoms with Gasteiger partial charge in [0.1, 0.15) is 6.04 Å². The zero-order chi connectivity index (χ0) is 14.5. The lowest BCUT2D eigenvalue weighted by atomic mass is 10.1. The summed E-state index contributed by atoms with van der Waals surface area (Å²) in [5.41, 5.74) is 5.99. The van der Waals surface area contributed by atoms with Gasteiger partial charge in [-0.2, -0.15) is 0 Å². The van der Waals surface area contributed by atoms with E-state index >= 15 is 0 Å². The van der Waals surface area contributed by atoms with Crippen molar-refractivity contribution >= 4 is 11.9 Å². The van der Waals surface area contributed by atoms with Gasteiger partial charge >= 0.3 is 6.03 Å². The number of oxime groups is 1. The minimum atomic E-state index is -0.673. The van der Waals surface area contributed by atoms with Crippen molar-refractivity contribution in [3.8, 4) is 0 Å². The van der Waals surface area contributed by atoms with Crippen molar-refractivity contribution in [2.75, 3.05) is 0 Å². The number of amidine groups is 1. The van der Waals surface area contributed by atoms with E-state index in [0.717, 1.165) is 5.56 Å². The molecule has 0 fully saturated rings. The highest BCUT2D eigenvalue weighted by Gasteiger charge is 2.21. The van der Waals surface area contributed by atoms with Crippen LogP contribution in [0, 0.1) is 0 Å². The van der Waals surface area contributed by atoms with Crippen molar-refractivity contribution in [3.63, 3.8) is 0 Å². The number of nitrogens with one attached hydrogen (secondary N) is 2. The highest BCUT2D eigenvalue weighted by atomic mass is 16.4. The van der Waals surface area contributed by atoms with Gasteiger partial charge < -0.3 is 21.6 Å². The monoisotopic (exact) mass is 264 g/mol. The summed E-state index contributed by atoms with van der Waals surface area (Å²) in [4.78, 5) is 11.8. The van der Waals surface area contributed by atoms with E-state index in [2.05, 4.69) is 15.8 Å². The molecule has 0 radical (unpaired) electrons. The molecule has 1 rings (SSSR count). The van der Waals surface area contributed by atoms with Crippen molar-refractivity contribution in [1.82, 2.24) is 10.6 Å². The molecule has 0 spiro atoms. The quantitative estimate of drug-likeness (QED) is 0.288. The minimum Gasteiger partial charge on any atom is -0.409 e. The fraction of sp³-hybridized carbons (Fsp3) is 0.385. The SMILES string of the molecule is CC(C)(C)NC(=O)NC(/C(N)=N/O)c1ccccc1. The van der Waals surface area contributed by atoms with E-state index in [1.165, 1.54) is 0 Å². The zero-order valence-corrected chi connectivity index (χ0v) is 11.3. The maximum atomic E-state index is 11.8. The van der Waals surface area contributed by atoms with Gasteiger partial charge in [0, 0.05) is 5.54 Å². The predicted molar refractivity (Wildman–Crippen MR) is 74.0 cm³/mol. The van der Waals surface area contributed by atoms with Crippen LogP contribution in [-0.4, -0.2) is 22.6 Å². The third-order valence-corrected chi connectivity index (χ3v) is 2.31. The second kappa shape index (κ2) is 6.08. The summed E-state index contributed by atoms with van der Waals surface area (Å²) < 4.78 is 0. The average molecular weight is 264 g/mol. The molecule has 0 aliphatic heterocycles. The van der Waals surface area contributed by atoms with Crippen LogP contribution in [0.4, 0.5) is 4.79 Å². The van der Waals surface area contributed by atoms with E-state index < -0.39 is 6.04 Å². The molecule has 0 bridgehead atoms. The van der Waals surface area contributed by atoms with Crippen molar-refractivity contribution in [2.45, 2.75) is 32.4 Å². The Morgan fingerprint density at radius 3 is 2.37 bits per heavy atom. The predicted octanol–water partition coefficient (Wildman–Crippen LogP) is 1.57. The van der Waals surface area contributed by atoms with Crippen LogP contribution in [0.3, 0.4) is 0 Å². The van der Waals surface area contributed by atoms with E-state index in [-0.39, 0.29) is 17.4 Å². The van der Waals surface area contributed by atoms with Gasteiger partial charge in [-0.1, -0.05) is 35.5 Å². The number of rotatable bonds is 3. The molecule has 1 aromatic rings. The van der Waals surface area contributed by atoms with E-state index in [0.29, 0.717) is 0 Å². The highest BCUT2D eigenvalue weighted by Crippen LogP contribution is 2.12. The van der Waals surface area contributed by atoms with Gasteiger partial charge in [0.2, 0.25) is 0 Å². The molecular weight excluding hydrogens is 244 g/mol. The second-order valence-corrected chi connectivity index (χ2v) is 5.22. The molecule has 5 N–H and O–H groups in total. The van der Waals surface area contributed by atoms with Gasteiger partial charge in [0.25, 0.3) is 0 Å². The fourth-order valence-electron chi connectivity index (χ4n) is 1.54. The third kappa shape index (κ3) is 4.87. The smallest absolute Gasteiger partial charge is 0.316 e. The van der Waals surface area contributed by atoms with E-state index in [4.69, 9.17) is 10.9 Å². The summed E-state index contributed by atoms with van der Waals surface area (Å²) in [5.74, 6) is -0.0738. The fourth-order valence-corrected chi connectivity index (χ4v) is 1.54. The van der Waals surface area contributed by atoms with Gasteiger partial charge in [-0.25, -0.2) is 4.79 Å². The maximum absolute atomic E-state index is 11.8. The van der Waals surface area contributed by atoms with E-state index in [9.17, 15) is 4.79 Å². The Hall–Kier alpha value is -2.24. The molecule has 1 atom stereocenters. The van der Waals surface area contributed by atoms with Crippen LogP contribution in [0.1, 0.15) is 32.4 Å². The van der Waals surface area contributed by atoms with Crippen molar-refractivity contribution in [1.29, 1.82) is 0 Å². The standard InChI is InChI=1S/C13H20N4O2/c1-13(2,3)16-12(18)15-10(11(14)17-19)9-7-5-4-6-8-9/h4-8,10,19H,1-3H3,(H2,14,17)(H2,15,16,18). The maximum Gasteiger partial charge on any atom is 0.316 e. The first kappa shape index (κ1) is 14.8. The Morgan fingerprint density at radius 2 is 1.89 bits per heavy atom. The average Bonchev–Trinajstić information content (AvgIpc) is 2.34. The minimum absolute atomic E-state index is 0.0738. The zero-order valence-electron chi connectivity index (χ0n) is 11.3. The van der Waals surface area contributed by atoms with E-state index in [1.54, 1.807) is 12.1 Å². The van der Waals surface area contributed by atoms with Crippen LogP contribution >= 0.6 is 0 Å². The van der Waals surface area contributed by atoms with Crippen molar-refractivity contribution in [2.24, 2.45) is 10.9 Å². The first-order valence-corrected chi connectivity index (χ1v) is 5.94. The normalized spacial score (nSPS) is 13.7. The van der Waals surface area contributed by atoms with Crippen LogP contribution in [0.25, 0.3) is 0 Å². The molecule has 1 unspecified atom stereocenters. The number of nitrogens with zero attached hydrogens (tertiary/aromatic N) is 1. The van der Waals surface area contributed by atoms with Gasteiger partial charge in [-0.3, -0.25) is 0 Å². The van der Waals surface area contributed by atoms with Gasteiger partial charge in [0.15, 0.2) is 5.84 Å². The Bertz CT molecular complexity index is 451. The summed E-state index contributed by atoms with van der Waals surface area (Å²) in [6, 6.07) is 8.01. The van der Waals surface area contributed by atoms with Crippen molar-refractivity contribution < 1.29 is 10.0 Å². The molecular formula is C13H20N4O2. The molecule has 6 nitrogen and oxygen atoms in total. The number of benzene rings is 1. The number of hydrogen-bond donors (Lipinski definition) is 4. The van der Waals surface area contributed by atoms with Crippen molar-refractivity contribution in [3.05, 3.63) is 35.9 Å². The first-order chi connectivity index (χ1) is 8.83. The lowest BCUT2D eigenvalue weighted by molar-refractivity contribution is 0.230. The topological polar surface area (TPSA) is 99.7 Å². The number of nitrogens with two attached hydrogens (primary N) is 1.